The van der Waals surface area contributed by atoms with E-state index >= 15 is 0 Å². The average molecular weight is 680 g/mol. The van der Waals surface area contributed by atoms with Crippen molar-refractivity contribution < 1.29 is 0 Å². The Hall–Kier alpha value is -6.48. The van der Waals surface area contributed by atoms with Crippen molar-refractivity contribution in [2.45, 2.75) is 0 Å². The number of hydrogen-bond acceptors (Lipinski definition) is 2. The van der Waals surface area contributed by atoms with Crippen molar-refractivity contribution in [1.82, 2.24) is 0 Å². The monoisotopic (exact) mass is 679 g/mol. The predicted molar refractivity (Wildman–Crippen MR) is 225 cm³/mol. The number of thiophene rings is 1. The summed E-state index contributed by atoms with van der Waals surface area (Å²) in [5, 5.41) is 7.57. The van der Waals surface area contributed by atoms with Gasteiger partial charge in [-0.05, 0) is 116 Å². The standard InChI is InChI=1S/C50H33NS/c1-2-10-34(11-3-1)36-26-28-44(29-27-36)51(47-17-9-19-49-50(47)46-16-6-7-18-48(46)52-49)45-15-8-14-38(33-45)39-22-23-43-32-42(25-24-41(43)31-39)40-21-20-35-12-4-5-13-37(35)30-40/h1-33H. The van der Waals surface area contributed by atoms with Crippen LogP contribution in [0.5, 0.6) is 0 Å². The van der Waals surface area contributed by atoms with Crippen LogP contribution in [0.4, 0.5) is 17.1 Å². The molecule has 2 heteroatoms. The number of fused-ring (bicyclic) bond motifs is 5. The number of nitrogens with zero attached hydrogens (tertiary/aromatic N) is 1. The summed E-state index contributed by atoms with van der Waals surface area (Å²) in [5.41, 5.74) is 10.7. The fourth-order valence-corrected chi connectivity index (χ4v) is 8.73. The molecule has 0 fully saturated rings. The van der Waals surface area contributed by atoms with Crippen LogP contribution in [0, 0.1) is 0 Å². The quantitative estimate of drug-likeness (QED) is 0.169. The van der Waals surface area contributed by atoms with Crippen molar-refractivity contribution in [1.29, 1.82) is 0 Å². The van der Waals surface area contributed by atoms with Gasteiger partial charge in [0.1, 0.15) is 0 Å². The summed E-state index contributed by atoms with van der Waals surface area (Å²) in [6.45, 7) is 0. The lowest BCUT2D eigenvalue weighted by atomic mass is 9.96. The first kappa shape index (κ1) is 30.4. The number of hydrogen-bond donors (Lipinski definition) is 0. The highest BCUT2D eigenvalue weighted by Crippen LogP contribution is 2.45. The molecule has 0 aliphatic rings. The molecule has 244 valence electrons. The molecular formula is C50H33NS. The number of anilines is 3. The van der Waals surface area contributed by atoms with E-state index in [0.717, 1.165) is 11.4 Å². The second kappa shape index (κ2) is 12.7. The lowest BCUT2D eigenvalue weighted by molar-refractivity contribution is 1.30. The molecule has 0 saturated heterocycles. The molecule has 0 unspecified atom stereocenters. The molecule has 10 rings (SSSR count). The molecule has 1 nitrogen and oxygen atoms in total. The number of benzene rings is 9. The first-order chi connectivity index (χ1) is 25.7. The van der Waals surface area contributed by atoms with Crippen LogP contribution in [0.15, 0.2) is 200 Å². The average Bonchev–Trinajstić information content (AvgIpc) is 3.61. The van der Waals surface area contributed by atoms with E-state index in [2.05, 4.69) is 205 Å². The van der Waals surface area contributed by atoms with Crippen molar-refractivity contribution in [3.8, 4) is 33.4 Å². The lowest BCUT2D eigenvalue weighted by Gasteiger charge is -2.27. The molecule has 9 aromatic carbocycles. The van der Waals surface area contributed by atoms with E-state index in [1.807, 2.05) is 11.3 Å². The molecule has 0 amide bonds. The summed E-state index contributed by atoms with van der Waals surface area (Å²) >= 11 is 1.86. The van der Waals surface area contributed by atoms with E-state index in [4.69, 9.17) is 0 Å². The predicted octanol–water partition coefficient (Wildman–Crippen LogP) is 14.8. The van der Waals surface area contributed by atoms with Gasteiger partial charge < -0.3 is 4.90 Å². The first-order valence-corrected chi connectivity index (χ1v) is 18.6. The van der Waals surface area contributed by atoms with E-state index in [1.54, 1.807) is 0 Å². The molecule has 0 aliphatic carbocycles. The lowest BCUT2D eigenvalue weighted by Crippen LogP contribution is -2.10. The second-order valence-corrected chi connectivity index (χ2v) is 14.5. The van der Waals surface area contributed by atoms with Crippen molar-refractivity contribution in [3.63, 3.8) is 0 Å². The Morgan fingerprint density at radius 2 is 0.827 bits per heavy atom. The van der Waals surface area contributed by atoms with Crippen LogP contribution >= 0.6 is 11.3 Å². The molecule has 0 radical (unpaired) electrons. The third kappa shape index (κ3) is 5.42. The van der Waals surface area contributed by atoms with Gasteiger partial charge in [0.25, 0.3) is 0 Å². The smallest absolute Gasteiger partial charge is 0.0554 e. The maximum absolute atomic E-state index is 2.43. The zero-order valence-corrected chi connectivity index (χ0v) is 29.2. The van der Waals surface area contributed by atoms with E-state index in [-0.39, 0.29) is 0 Å². The van der Waals surface area contributed by atoms with Crippen LogP contribution in [0.3, 0.4) is 0 Å². The maximum atomic E-state index is 2.43. The van der Waals surface area contributed by atoms with Crippen LogP contribution in [0.2, 0.25) is 0 Å². The Morgan fingerprint density at radius 1 is 0.308 bits per heavy atom. The zero-order chi connectivity index (χ0) is 34.4. The molecule has 10 aromatic rings. The summed E-state index contributed by atoms with van der Waals surface area (Å²) in [6.07, 6.45) is 0. The molecule has 1 heterocycles. The minimum Gasteiger partial charge on any atom is -0.310 e. The highest BCUT2D eigenvalue weighted by molar-refractivity contribution is 7.26. The maximum Gasteiger partial charge on any atom is 0.0554 e. The molecule has 0 aliphatic heterocycles. The second-order valence-electron chi connectivity index (χ2n) is 13.4. The Labute approximate surface area is 307 Å². The van der Waals surface area contributed by atoms with Gasteiger partial charge in [0.05, 0.1) is 5.69 Å². The van der Waals surface area contributed by atoms with Gasteiger partial charge >= 0.3 is 0 Å². The molecule has 0 saturated carbocycles. The normalized spacial score (nSPS) is 11.5. The van der Waals surface area contributed by atoms with Gasteiger partial charge in [-0.2, -0.15) is 0 Å². The molecule has 1 aromatic heterocycles. The topological polar surface area (TPSA) is 3.24 Å². The first-order valence-electron chi connectivity index (χ1n) is 17.7. The van der Waals surface area contributed by atoms with Crippen LogP contribution in [0.25, 0.3) is 75.1 Å². The van der Waals surface area contributed by atoms with Crippen LogP contribution in [-0.2, 0) is 0 Å². The van der Waals surface area contributed by atoms with Gasteiger partial charge in [-0.15, -0.1) is 11.3 Å². The van der Waals surface area contributed by atoms with Crippen molar-refractivity contribution >= 4 is 70.1 Å². The minimum absolute atomic E-state index is 1.12. The molecule has 52 heavy (non-hydrogen) atoms. The van der Waals surface area contributed by atoms with Gasteiger partial charge in [0, 0.05) is 31.5 Å². The number of rotatable bonds is 6. The Morgan fingerprint density at radius 3 is 1.58 bits per heavy atom. The largest absolute Gasteiger partial charge is 0.310 e. The zero-order valence-electron chi connectivity index (χ0n) is 28.4. The third-order valence-electron chi connectivity index (χ3n) is 10.2. The van der Waals surface area contributed by atoms with E-state index in [9.17, 15) is 0 Å². The van der Waals surface area contributed by atoms with Crippen LogP contribution in [-0.4, -0.2) is 0 Å². The highest BCUT2D eigenvalue weighted by atomic mass is 32.1. The van der Waals surface area contributed by atoms with E-state index < -0.39 is 0 Å². The fourth-order valence-electron chi connectivity index (χ4n) is 7.60. The minimum atomic E-state index is 1.12. The van der Waals surface area contributed by atoms with Gasteiger partial charge in [-0.3, -0.25) is 0 Å². The van der Waals surface area contributed by atoms with Crippen molar-refractivity contribution in [2.75, 3.05) is 4.90 Å². The molecule has 0 N–H and O–H groups in total. The van der Waals surface area contributed by atoms with E-state index in [0.29, 0.717) is 0 Å². The van der Waals surface area contributed by atoms with Gasteiger partial charge in [0.15, 0.2) is 0 Å². The van der Waals surface area contributed by atoms with Gasteiger partial charge in [-0.25, -0.2) is 0 Å². The summed E-state index contributed by atoms with van der Waals surface area (Å²) < 4.78 is 2.59. The Bertz CT molecular complexity index is 2900. The van der Waals surface area contributed by atoms with Gasteiger partial charge in [-0.1, -0.05) is 140 Å². The molecule has 0 bridgehead atoms. The fraction of sp³-hybridized carbons (Fsp3) is 0. The van der Waals surface area contributed by atoms with Crippen molar-refractivity contribution in [2.24, 2.45) is 0 Å². The summed E-state index contributed by atoms with van der Waals surface area (Å²) in [7, 11) is 0. The molecular weight excluding hydrogens is 647 g/mol. The molecule has 0 spiro atoms. The van der Waals surface area contributed by atoms with E-state index in [1.165, 1.54) is 80.8 Å². The van der Waals surface area contributed by atoms with Crippen LogP contribution in [0.1, 0.15) is 0 Å². The Balaban J connectivity index is 1.07. The Kier molecular flexibility index (Phi) is 7.41. The van der Waals surface area contributed by atoms with Crippen molar-refractivity contribution in [3.05, 3.63) is 200 Å². The SMILES string of the molecule is c1ccc(-c2ccc(N(c3cccc(-c4ccc5cc(-c6ccc7ccccc7c6)ccc5c4)c3)c3cccc4sc5ccccc5c34)cc2)cc1. The highest BCUT2D eigenvalue weighted by Gasteiger charge is 2.19. The third-order valence-corrected chi connectivity index (χ3v) is 11.4. The van der Waals surface area contributed by atoms with Gasteiger partial charge in [0.2, 0.25) is 0 Å². The van der Waals surface area contributed by atoms with Crippen LogP contribution < -0.4 is 4.90 Å². The summed E-state index contributed by atoms with van der Waals surface area (Å²) in [5.74, 6) is 0. The summed E-state index contributed by atoms with van der Waals surface area (Å²) in [4.78, 5) is 2.43. The summed E-state index contributed by atoms with van der Waals surface area (Å²) in [6, 6.07) is 73.0. The molecule has 0 atom stereocenters.